The molecule has 0 atom stereocenters. The third-order valence-electron chi connectivity index (χ3n) is 8.24. The van der Waals surface area contributed by atoms with Gasteiger partial charge in [0.1, 0.15) is 18.1 Å². The van der Waals surface area contributed by atoms with Gasteiger partial charge in [-0.05, 0) is 87.8 Å². The van der Waals surface area contributed by atoms with E-state index in [-0.39, 0.29) is 47.1 Å². The lowest BCUT2D eigenvalue weighted by Crippen LogP contribution is -2.20. The molecule has 324 valence electrons. The van der Waals surface area contributed by atoms with Crippen molar-refractivity contribution in [2.24, 2.45) is 0 Å². The Kier molecular flexibility index (Phi) is 15.9. The van der Waals surface area contributed by atoms with Gasteiger partial charge in [-0.25, -0.2) is 5.26 Å². The molecule has 62 heavy (non-hydrogen) atoms. The molecule has 0 spiro atoms. The molecule has 0 fully saturated rings. The summed E-state index contributed by atoms with van der Waals surface area (Å²) in [6.45, 7) is 1.87. The van der Waals surface area contributed by atoms with Crippen LogP contribution in [0.3, 0.4) is 0 Å². The van der Waals surface area contributed by atoms with E-state index in [1.54, 1.807) is 30.3 Å². The van der Waals surface area contributed by atoms with E-state index in [2.05, 4.69) is 56.2 Å². The van der Waals surface area contributed by atoms with Crippen LogP contribution in [-0.2, 0) is 19.5 Å². The van der Waals surface area contributed by atoms with Crippen LogP contribution in [0.2, 0.25) is 0 Å². The normalized spacial score (nSPS) is 11.5. The van der Waals surface area contributed by atoms with Gasteiger partial charge in [-0.15, -0.1) is 4.33 Å². The summed E-state index contributed by atoms with van der Waals surface area (Å²) in [5.41, 5.74) is 2.89. The van der Waals surface area contributed by atoms with E-state index in [1.165, 1.54) is 18.2 Å². The number of nitrogens with zero attached hydrogens (tertiary/aromatic N) is 8. The summed E-state index contributed by atoms with van der Waals surface area (Å²) in [5.74, 6) is 0.639. The van der Waals surface area contributed by atoms with Gasteiger partial charge in [-0.3, -0.25) is 4.55 Å². The van der Waals surface area contributed by atoms with Crippen LogP contribution in [-0.4, -0.2) is 112 Å². The molecule has 0 amide bonds. The van der Waals surface area contributed by atoms with Crippen LogP contribution in [0.25, 0.3) is 12.2 Å². The fraction of sp³-hybridized carbons (Fsp3) is 0.200. The molecule has 6 rings (SSSR count). The van der Waals surface area contributed by atoms with Crippen LogP contribution in [0.4, 0.5) is 46.5 Å². The van der Waals surface area contributed by atoms with Crippen LogP contribution in [0.5, 0.6) is 12.0 Å². The highest BCUT2D eigenvalue weighted by Gasteiger charge is 2.18. The third kappa shape index (κ3) is 14.0. The van der Waals surface area contributed by atoms with Gasteiger partial charge >= 0.3 is 12.0 Å². The highest BCUT2D eigenvalue weighted by atomic mass is 32.2. The SMILES string of the molecule is CN(C)CCOc1nc(Nc2ccccc2)nc(Nc2ccc(/C=C/c3ccc(Nc4nc(Nc5ccccc5)nc(OCCN(C)C)n4)cc3S(=O)(=O)O)c(SOOO)c2)n1. The van der Waals surface area contributed by atoms with E-state index in [0.29, 0.717) is 54.5 Å². The Morgan fingerprint density at radius 3 is 1.48 bits per heavy atom. The predicted molar refractivity (Wildman–Crippen MR) is 236 cm³/mol. The largest absolute Gasteiger partial charge is 0.462 e. The Morgan fingerprint density at radius 2 is 1.03 bits per heavy atom. The summed E-state index contributed by atoms with van der Waals surface area (Å²) in [4.78, 5) is 30.4. The quantitative estimate of drug-likeness (QED) is 0.0136. The zero-order valence-electron chi connectivity index (χ0n) is 34.0. The highest BCUT2D eigenvalue weighted by molar-refractivity contribution is 7.94. The Balaban J connectivity index is 1.25. The molecule has 20 nitrogen and oxygen atoms in total. The average Bonchev–Trinajstić information content (AvgIpc) is 3.23. The van der Waals surface area contributed by atoms with Crippen molar-refractivity contribution in [3.8, 4) is 12.0 Å². The Hall–Kier alpha value is -6.50. The molecule has 0 aliphatic carbocycles. The molecular weight excluding hydrogens is 841 g/mol. The van der Waals surface area contributed by atoms with Crippen molar-refractivity contribution < 1.29 is 37.1 Å². The molecule has 0 bridgehead atoms. The number of nitrogens with one attached hydrogen (secondary N) is 4. The van der Waals surface area contributed by atoms with Crippen molar-refractivity contribution in [1.82, 2.24) is 39.7 Å². The maximum Gasteiger partial charge on any atom is 0.323 e. The monoisotopic (exact) mass is 884 g/mol. The molecule has 0 unspecified atom stereocenters. The van der Waals surface area contributed by atoms with Crippen molar-refractivity contribution in [2.75, 3.05) is 75.8 Å². The molecular formula is C40H44N12O8S2. The standard InChI is InChI=1S/C40H44N12O8S2/c1-51(2)21-23-57-39-47-35(41-29-11-7-5-8-12-29)45-37(49-39)43-31-19-17-27(33(25-31)61-60-59-53)15-16-28-18-20-32(26-34(28)62(54,55)56)44-38-46-36(42-30-13-9-6-10-14-30)48-40(50-38)58-24-22-52(3)4/h5-20,25-26,53H,21-24H2,1-4H3,(H,54,55,56)(H2,41,43,45,47,49)(H2,42,44,46,48,50)/b16-15+. The van der Waals surface area contributed by atoms with Crippen LogP contribution < -0.4 is 30.7 Å². The number of anilines is 8. The Labute approximate surface area is 362 Å². The lowest BCUT2D eigenvalue weighted by Gasteiger charge is -2.13. The summed E-state index contributed by atoms with van der Waals surface area (Å²) in [6, 6.07) is 28.2. The van der Waals surface area contributed by atoms with Crippen molar-refractivity contribution >= 4 is 80.9 Å². The first kappa shape index (κ1) is 45.0. The summed E-state index contributed by atoms with van der Waals surface area (Å²) in [7, 11) is 2.91. The van der Waals surface area contributed by atoms with Crippen LogP contribution >= 0.6 is 12.0 Å². The minimum absolute atomic E-state index is 0.0373. The Bertz CT molecular complexity index is 2540. The van der Waals surface area contributed by atoms with Gasteiger partial charge in [0.05, 0.1) is 12.0 Å². The first-order valence-electron chi connectivity index (χ1n) is 18.7. The lowest BCUT2D eigenvalue weighted by atomic mass is 10.1. The molecule has 0 radical (unpaired) electrons. The van der Waals surface area contributed by atoms with E-state index in [0.717, 1.165) is 11.4 Å². The van der Waals surface area contributed by atoms with E-state index in [1.807, 2.05) is 98.7 Å². The van der Waals surface area contributed by atoms with E-state index in [4.69, 9.17) is 19.1 Å². The topological polar surface area (TPSA) is 243 Å². The maximum absolute atomic E-state index is 12.7. The second kappa shape index (κ2) is 21.8. The highest BCUT2D eigenvalue weighted by Crippen LogP contribution is 2.32. The van der Waals surface area contributed by atoms with Gasteiger partial charge < -0.3 is 40.5 Å². The minimum atomic E-state index is -4.75. The molecule has 0 saturated heterocycles. The van der Waals surface area contributed by atoms with Crippen molar-refractivity contribution in [1.29, 1.82) is 0 Å². The Morgan fingerprint density at radius 1 is 0.597 bits per heavy atom. The fourth-order valence-electron chi connectivity index (χ4n) is 5.29. The first-order chi connectivity index (χ1) is 29.9. The number of rotatable bonds is 22. The summed E-state index contributed by atoms with van der Waals surface area (Å²) in [6.07, 6.45) is 3.09. The first-order valence-corrected chi connectivity index (χ1v) is 20.9. The molecule has 2 heterocycles. The average molecular weight is 885 g/mol. The zero-order chi connectivity index (χ0) is 43.9. The van der Waals surface area contributed by atoms with Gasteiger partial charge in [0.2, 0.25) is 23.8 Å². The number of ether oxygens (including phenoxy) is 2. The molecule has 0 saturated carbocycles. The second-order valence-electron chi connectivity index (χ2n) is 13.6. The third-order valence-corrected chi connectivity index (χ3v) is 9.81. The predicted octanol–water partition coefficient (Wildman–Crippen LogP) is 6.76. The van der Waals surface area contributed by atoms with E-state index in [9.17, 15) is 13.0 Å². The molecule has 4 aromatic carbocycles. The fourth-order valence-corrected chi connectivity index (χ4v) is 6.51. The summed E-state index contributed by atoms with van der Waals surface area (Å²) in [5, 5.41) is 25.2. The number of hydrogen-bond acceptors (Lipinski definition) is 20. The number of hydrogen-bond donors (Lipinski definition) is 6. The van der Waals surface area contributed by atoms with E-state index < -0.39 is 15.0 Å². The molecule has 6 N–H and O–H groups in total. The van der Waals surface area contributed by atoms with Crippen LogP contribution in [0.1, 0.15) is 11.1 Å². The van der Waals surface area contributed by atoms with Gasteiger partial charge in [-0.2, -0.15) is 38.3 Å². The van der Waals surface area contributed by atoms with E-state index >= 15 is 0 Å². The molecule has 2 aromatic heterocycles. The van der Waals surface area contributed by atoms with Crippen molar-refractivity contribution in [3.63, 3.8) is 0 Å². The molecule has 0 aliphatic heterocycles. The molecule has 6 aromatic rings. The maximum atomic E-state index is 12.7. The number of aromatic nitrogens is 6. The molecule has 0 aliphatic rings. The number of benzene rings is 4. The smallest absolute Gasteiger partial charge is 0.323 e. The van der Waals surface area contributed by atoms with Gasteiger partial charge in [0, 0.05) is 40.7 Å². The number of para-hydroxylation sites is 2. The van der Waals surface area contributed by atoms with Crippen molar-refractivity contribution in [3.05, 3.63) is 108 Å². The second-order valence-corrected chi connectivity index (χ2v) is 15.7. The van der Waals surface area contributed by atoms with Gasteiger partial charge in [0.15, 0.2) is 0 Å². The summed E-state index contributed by atoms with van der Waals surface area (Å²) < 4.78 is 52.2. The van der Waals surface area contributed by atoms with Crippen LogP contribution in [0, 0.1) is 0 Å². The van der Waals surface area contributed by atoms with Crippen LogP contribution in [0.15, 0.2) is 107 Å². The number of likely N-dealkylation sites (N-methyl/N-ethyl adjacent to an activating group) is 2. The van der Waals surface area contributed by atoms with Gasteiger partial charge in [0.25, 0.3) is 10.1 Å². The molecule has 22 heteroatoms. The van der Waals surface area contributed by atoms with Gasteiger partial charge in [-0.1, -0.05) is 65.7 Å². The van der Waals surface area contributed by atoms with Crippen molar-refractivity contribution in [2.45, 2.75) is 9.79 Å². The lowest BCUT2D eigenvalue weighted by molar-refractivity contribution is -0.432. The summed E-state index contributed by atoms with van der Waals surface area (Å²) >= 11 is 0.678. The minimum Gasteiger partial charge on any atom is -0.462 e. The zero-order valence-corrected chi connectivity index (χ0v) is 35.6.